The number of aryl methyl sites for hydroxylation is 2. The first-order chi connectivity index (χ1) is 10.0. The lowest BCUT2D eigenvalue weighted by molar-refractivity contribution is 0.186. The average molecular weight is 308 g/mol. The van der Waals surface area contributed by atoms with Gasteiger partial charge in [-0.2, -0.15) is 0 Å². The molecule has 1 fully saturated rings. The van der Waals surface area contributed by atoms with Crippen molar-refractivity contribution in [3.05, 3.63) is 33.8 Å². The summed E-state index contributed by atoms with van der Waals surface area (Å²) in [4.78, 5) is 0. The summed E-state index contributed by atoms with van der Waals surface area (Å²) in [7, 11) is 0. The van der Waals surface area contributed by atoms with Gasteiger partial charge in [0, 0.05) is 11.1 Å². The minimum absolute atomic E-state index is 0.431. The SMILES string of the molecule is CCCNC(c1cc(C)c(Cl)cc1C)C1(CC)CCCC1. The molecule has 1 saturated carbocycles. The number of hydrogen-bond donors (Lipinski definition) is 1. The predicted octanol–water partition coefficient (Wildman–Crippen LogP) is 5.97. The zero-order valence-corrected chi connectivity index (χ0v) is 14.8. The maximum Gasteiger partial charge on any atom is 0.0438 e. The molecule has 0 aromatic heterocycles. The van der Waals surface area contributed by atoms with E-state index < -0.39 is 0 Å². The summed E-state index contributed by atoms with van der Waals surface area (Å²) in [6, 6.07) is 4.94. The van der Waals surface area contributed by atoms with Crippen molar-refractivity contribution in [2.45, 2.75) is 72.3 Å². The molecule has 21 heavy (non-hydrogen) atoms. The minimum Gasteiger partial charge on any atom is -0.309 e. The fourth-order valence-corrected chi connectivity index (χ4v) is 4.20. The lowest BCUT2D eigenvalue weighted by atomic mass is 9.72. The molecule has 1 aliphatic carbocycles. The monoisotopic (exact) mass is 307 g/mol. The van der Waals surface area contributed by atoms with Crippen LogP contribution in [0, 0.1) is 19.3 Å². The summed E-state index contributed by atoms with van der Waals surface area (Å²) >= 11 is 6.30. The van der Waals surface area contributed by atoms with Crippen LogP contribution in [0.15, 0.2) is 12.1 Å². The van der Waals surface area contributed by atoms with Crippen LogP contribution in [-0.2, 0) is 0 Å². The van der Waals surface area contributed by atoms with Gasteiger partial charge in [-0.15, -0.1) is 0 Å². The van der Waals surface area contributed by atoms with Crippen LogP contribution < -0.4 is 5.32 Å². The van der Waals surface area contributed by atoms with E-state index in [2.05, 4.69) is 45.1 Å². The normalized spacial score (nSPS) is 18.9. The van der Waals surface area contributed by atoms with Gasteiger partial charge in [-0.3, -0.25) is 0 Å². The maximum atomic E-state index is 6.30. The molecule has 0 heterocycles. The molecule has 2 rings (SSSR count). The first-order valence-electron chi connectivity index (χ1n) is 8.54. The molecule has 1 aliphatic rings. The van der Waals surface area contributed by atoms with Crippen molar-refractivity contribution >= 4 is 11.6 Å². The van der Waals surface area contributed by atoms with Crippen LogP contribution in [0.2, 0.25) is 5.02 Å². The largest absolute Gasteiger partial charge is 0.309 e. The van der Waals surface area contributed by atoms with Gasteiger partial charge in [0.2, 0.25) is 0 Å². The number of hydrogen-bond acceptors (Lipinski definition) is 1. The third kappa shape index (κ3) is 3.46. The van der Waals surface area contributed by atoms with Crippen LogP contribution in [0.5, 0.6) is 0 Å². The number of nitrogens with one attached hydrogen (secondary N) is 1. The first-order valence-corrected chi connectivity index (χ1v) is 8.92. The van der Waals surface area contributed by atoms with E-state index in [0.29, 0.717) is 11.5 Å². The van der Waals surface area contributed by atoms with E-state index in [1.807, 2.05) is 0 Å². The molecule has 0 spiro atoms. The molecule has 118 valence electrons. The fraction of sp³-hybridized carbons (Fsp3) is 0.684. The maximum absolute atomic E-state index is 6.30. The van der Waals surface area contributed by atoms with Crippen molar-refractivity contribution in [3.8, 4) is 0 Å². The van der Waals surface area contributed by atoms with Gasteiger partial charge in [-0.25, -0.2) is 0 Å². The molecule has 1 nitrogen and oxygen atoms in total. The van der Waals surface area contributed by atoms with E-state index in [9.17, 15) is 0 Å². The van der Waals surface area contributed by atoms with Gasteiger partial charge >= 0.3 is 0 Å². The highest BCUT2D eigenvalue weighted by atomic mass is 35.5. The van der Waals surface area contributed by atoms with Gasteiger partial charge < -0.3 is 5.32 Å². The van der Waals surface area contributed by atoms with Gasteiger partial charge in [0.25, 0.3) is 0 Å². The molecule has 0 amide bonds. The van der Waals surface area contributed by atoms with Gasteiger partial charge in [-0.05, 0) is 74.2 Å². The highest BCUT2D eigenvalue weighted by molar-refractivity contribution is 6.31. The second-order valence-corrected chi connectivity index (χ2v) is 7.18. The number of benzene rings is 1. The standard InChI is InChI=1S/C19H30ClN/c1-5-11-21-18(19(6-2)9-7-8-10-19)16-12-15(4)17(20)13-14(16)3/h12-13,18,21H,5-11H2,1-4H3. The second kappa shape index (κ2) is 7.15. The molecule has 2 heteroatoms. The third-order valence-electron chi connectivity index (χ3n) is 5.37. The predicted molar refractivity (Wildman–Crippen MR) is 93.2 cm³/mol. The topological polar surface area (TPSA) is 12.0 Å². The van der Waals surface area contributed by atoms with Gasteiger partial charge in [0.15, 0.2) is 0 Å². The molecule has 1 atom stereocenters. The summed E-state index contributed by atoms with van der Waals surface area (Å²) in [6.45, 7) is 10.0. The van der Waals surface area contributed by atoms with Crippen LogP contribution in [0.3, 0.4) is 0 Å². The molecule has 1 aromatic carbocycles. The molecule has 1 aromatic rings. The van der Waals surface area contributed by atoms with E-state index in [1.54, 1.807) is 0 Å². The van der Waals surface area contributed by atoms with Crippen LogP contribution >= 0.6 is 11.6 Å². The summed E-state index contributed by atoms with van der Waals surface area (Å²) < 4.78 is 0. The van der Waals surface area contributed by atoms with E-state index >= 15 is 0 Å². The number of halogens is 1. The van der Waals surface area contributed by atoms with E-state index in [-0.39, 0.29) is 0 Å². The van der Waals surface area contributed by atoms with Crippen molar-refractivity contribution < 1.29 is 0 Å². The Balaban J connectivity index is 2.42. The molecule has 0 saturated heterocycles. The Morgan fingerprint density at radius 3 is 2.38 bits per heavy atom. The van der Waals surface area contributed by atoms with E-state index in [1.165, 1.54) is 55.2 Å². The first kappa shape index (κ1) is 16.8. The average Bonchev–Trinajstić information content (AvgIpc) is 2.94. The highest BCUT2D eigenvalue weighted by Crippen LogP contribution is 2.50. The summed E-state index contributed by atoms with van der Waals surface area (Å²) in [5, 5.41) is 4.76. The van der Waals surface area contributed by atoms with E-state index in [4.69, 9.17) is 11.6 Å². The van der Waals surface area contributed by atoms with Crippen LogP contribution in [0.4, 0.5) is 0 Å². The zero-order chi connectivity index (χ0) is 15.5. The molecule has 0 aliphatic heterocycles. The molecule has 1 unspecified atom stereocenters. The molecule has 1 N–H and O–H groups in total. The zero-order valence-electron chi connectivity index (χ0n) is 14.1. The molecular weight excluding hydrogens is 278 g/mol. The van der Waals surface area contributed by atoms with Crippen LogP contribution in [-0.4, -0.2) is 6.54 Å². The van der Waals surface area contributed by atoms with Crippen LogP contribution in [0.1, 0.15) is 75.1 Å². The van der Waals surface area contributed by atoms with Crippen molar-refractivity contribution in [1.82, 2.24) is 5.32 Å². The third-order valence-corrected chi connectivity index (χ3v) is 5.78. The smallest absolute Gasteiger partial charge is 0.0438 e. The van der Waals surface area contributed by atoms with Gasteiger partial charge in [-0.1, -0.05) is 44.4 Å². The lowest BCUT2D eigenvalue weighted by Gasteiger charge is -2.39. The Bertz CT molecular complexity index is 475. The van der Waals surface area contributed by atoms with Crippen molar-refractivity contribution in [3.63, 3.8) is 0 Å². The van der Waals surface area contributed by atoms with Crippen molar-refractivity contribution in [2.24, 2.45) is 5.41 Å². The fourth-order valence-electron chi connectivity index (χ4n) is 3.98. The van der Waals surface area contributed by atoms with Crippen molar-refractivity contribution in [2.75, 3.05) is 6.54 Å². The summed E-state index contributed by atoms with van der Waals surface area (Å²) in [5.41, 5.74) is 4.43. The molecule has 0 radical (unpaired) electrons. The van der Waals surface area contributed by atoms with Gasteiger partial charge in [0.05, 0.1) is 0 Å². The van der Waals surface area contributed by atoms with Crippen molar-refractivity contribution in [1.29, 1.82) is 0 Å². The number of rotatable bonds is 6. The summed E-state index contributed by atoms with van der Waals surface area (Å²) in [5.74, 6) is 0. The Morgan fingerprint density at radius 2 is 1.81 bits per heavy atom. The quantitative estimate of drug-likeness (QED) is 0.683. The van der Waals surface area contributed by atoms with Gasteiger partial charge in [0.1, 0.15) is 0 Å². The Labute approximate surface area is 135 Å². The Hall–Kier alpha value is -0.530. The highest BCUT2D eigenvalue weighted by Gasteiger charge is 2.40. The second-order valence-electron chi connectivity index (χ2n) is 6.77. The Morgan fingerprint density at radius 1 is 1.14 bits per heavy atom. The lowest BCUT2D eigenvalue weighted by Crippen LogP contribution is -2.37. The molecular formula is C19H30ClN. The minimum atomic E-state index is 0.431. The van der Waals surface area contributed by atoms with Crippen LogP contribution in [0.25, 0.3) is 0 Å². The Kier molecular flexibility index (Phi) is 5.73. The summed E-state index contributed by atoms with van der Waals surface area (Å²) in [6.07, 6.45) is 7.91. The molecule has 0 bridgehead atoms. The van der Waals surface area contributed by atoms with E-state index in [0.717, 1.165) is 11.6 Å².